The van der Waals surface area contributed by atoms with Gasteiger partial charge in [-0.05, 0) is 29.5 Å². The maximum absolute atomic E-state index is 12.5. The van der Waals surface area contributed by atoms with Crippen LogP contribution in [-0.4, -0.2) is 59.3 Å². The molecule has 3 rings (SSSR count). The zero-order valence-corrected chi connectivity index (χ0v) is 19.2. The van der Waals surface area contributed by atoms with E-state index in [1.165, 1.54) is 10.6 Å². The Kier molecular flexibility index (Phi) is 7.26. The van der Waals surface area contributed by atoms with Crippen molar-refractivity contribution in [3.05, 3.63) is 51.5 Å². The Morgan fingerprint density at radius 2 is 1.77 bits per heavy atom. The van der Waals surface area contributed by atoms with Crippen LogP contribution in [-0.2, 0) is 23.2 Å². The number of hydrogen-bond donors (Lipinski definition) is 1. The Morgan fingerprint density at radius 3 is 2.33 bits per heavy atom. The van der Waals surface area contributed by atoms with E-state index in [4.69, 9.17) is 0 Å². The van der Waals surface area contributed by atoms with Gasteiger partial charge in [-0.1, -0.05) is 39.8 Å². The highest BCUT2D eigenvalue weighted by molar-refractivity contribution is 7.09. The number of hydrogen-bond acceptors (Lipinski definition) is 5. The Labute approximate surface area is 183 Å². The van der Waals surface area contributed by atoms with Crippen LogP contribution in [0.15, 0.2) is 29.6 Å². The van der Waals surface area contributed by atoms with Crippen molar-refractivity contribution in [2.24, 2.45) is 0 Å². The Balaban J connectivity index is 1.42. The van der Waals surface area contributed by atoms with Crippen LogP contribution in [0.3, 0.4) is 0 Å². The molecular formula is C23H32N4O2S. The molecule has 2 aromatic rings. The van der Waals surface area contributed by atoms with Gasteiger partial charge in [0.1, 0.15) is 0 Å². The SMILES string of the molecule is CCc1nc(CN2CCN(C(=O)CNC(=O)c3ccc(C(C)(C)C)cc3)CC2)cs1. The third kappa shape index (κ3) is 5.89. The van der Waals surface area contributed by atoms with Gasteiger partial charge in [-0.3, -0.25) is 14.5 Å². The first-order valence-corrected chi connectivity index (χ1v) is 11.5. The average molecular weight is 429 g/mol. The highest BCUT2D eigenvalue weighted by atomic mass is 32.1. The smallest absolute Gasteiger partial charge is 0.251 e. The van der Waals surface area contributed by atoms with E-state index >= 15 is 0 Å². The molecule has 1 aliphatic heterocycles. The second-order valence-corrected chi connectivity index (χ2v) is 9.70. The first kappa shape index (κ1) is 22.4. The fourth-order valence-corrected chi connectivity index (χ4v) is 4.20. The van der Waals surface area contributed by atoms with Gasteiger partial charge in [0.15, 0.2) is 0 Å². The number of nitrogens with zero attached hydrogens (tertiary/aromatic N) is 3. The topological polar surface area (TPSA) is 65.5 Å². The van der Waals surface area contributed by atoms with Crippen molar-refractivity contribution in [3.63, 3.8) is 0 Å². The minimum absolute atomic E-state index is 0.0313. The Bertz CT molecular complexity index is 862. The van der Waals surface area contributed by atoms with Crippen LogP contribution in [0, 0.1) is 0 Å². The number of aromatic nitrogens is 1. The normalized spacial score (nSPS) is 15.3. The average Bonchev–Trinajstić information content (AvgIpc) is 3.19. The van der Waals surface area contributed by atoms with Crippen molar-refractivity contribution in [1.29, 1.82) is 0 Å². The maximum atomic E-state index is 12.5. The van der Waals surface area contributed by atoms with Gasteiger partial charge < -0.3 is 10.2 Å². The molecule has 0 saturated carbocycles. The first-order chi connectivity index (χ1) is 14.3. The number of amides is 2. The fraction of sp³-hybridized carbons (Fsp3) is 0.522. The number of benzene rings is 1. The number of carbonyl (C=O) groups excluding carboxylic acids is 2. The van der Waals surface area contributed by atoms with Gasteiger partial charge in [0, 0.05) is 43.7 Å². The van der Waals surface area contributed by atoms with Crippen molar-refractivity contribution >= 4 is 23.2 Å². The second kappa shape index (κ2) is 9.71. The van der Waals surface area contributed by atoms with Crippen LogP contribution >= 0.6 is 11.3 Å². The summed E-state index contributed by atoms with van der Waals surface area (Å²) in [6, 6.07) is 7.59. The summed E-state index contributed by atoms with van der Waals surface area (Å²) in [4.78, 5) is 33.7. The maximum Gasteiger partial charge on any atom is 0.251 e. The first-order valence-electron chi connectivity index (χ1n) is 10.6. The van der Waals surface area contributed by atoms with E-state index in [2.05, 4.69) is 48.3 Å². The van der Waals surface area contributed by atoms with E-state index in [0.717, 1.165) is 31.7 Å². The summed E-state index contributed by atoms with van der Waals surface area (Å²) in [5.41, 5.74) is 2.92. The third-order valence-electron chi connectivity index (χ3n) is 5.43. The molecule has 0 spiro atoms. The van der Waals surface area contributed by atoms with Gasteiger partial charge >= 0.3 is 0 Å². The molecule has 30 heavy (non-hydrogen) atoms. The molecule has 1 N–H and O–H groups in total. The standard InChI is InChI=1S/C23H32N4O2S/c1-5-20-25-19(16-30-20)15-26-10-12-27(13-11-26)21(28)14-24-22(29)17-6-8-18(9-7-17)23(2,3)4/h6-9,16H,5,10-15H2,1-4H3,(H,24,29). The highest BCUT2D eigenvalue weighted by Crippen LogP contribution is 2.22. The lowest BCUT2D eigenvalue weighted by atomic mass is 9.87. The number of carbonyl (C=O) groups is 2. The highest BCUT2D eigenvalue weighted by Gasteiger charge is 2.22. The molecule has 1 saturated heterocycles. The summed E-state index contributed by atoms with van der Waals surface area (Å²) < 4.78 is 0. The van der Waals surface area contributed by atoms with E-state index in [9.17, 15) is 9.59 Å². The number of aryl methyl sites for hydroxylation is 1. The molecule has 1 aromatic heterocycles. The molecule has 1 aromatic carbocycles. The zero-order chi connectivity index (χ0) is 21.7. The Morgan fingerprint density at radius 1 is 1.10 bits per heavy atom. The van der Waals surface area contributed by atoms with Gasteiger partial charge in [-0.2, -0.15) is 0 Å². The second-order valence-electron chi connectivity index (χ2n) is 8.75. The summed E-state index contributed by atoms with van der Waals surface area (Å²) in [5.74, 6) is -0.242. The van der Waals surface area contributed by atoms with Crippen LogP contribution in [0.25, 0.3) is 0 Å². The van der Waals surface area contributed by atoms with Crippen molar-refractivity contribution in [1.82, 2.24) is 20.1 Å². The third-order valence-corrected chi connectivity index (χ3v) is 6.47. The summed E-state index contributed by atoms with van der Waals surface area (Å²) in [5, 5.41) is 6.06. The molecule has 1 fully saturated rings. The number of rotatable bonds is 6. The van der Waals surface area contributed by atoms with Gasteiger partial charge in [0.25, 0.3) is 5.91 Å². The zero-order valence-electron chi connectivity index (χ0n) is 18.4. The summed E-state index contributed by atoms with van der Waals surface area (Å²) in [7, 11) is 0. The van der Waals surface area contributed by atoms with Gasteiger partial charge in [0.2, 0.25) is 5.91 Å². The summed E-state index contributed by atoms with van der Waals surface area (Å²) in [6.45, 7) is 12.4. The lowest BCUT2D eigenvalue weighted by Crippen LogP contribution is -2.50. The van der Waals surface area contributed by atoms with Crippen molar-refractivity contribution in [2.75, 3.05) is 32.7 Å². The van der Waals surface area contributed by atoms with Crippen LogP contribution in [0.1, 0.15) is 54.3 Å². The molecule has 2 heterocycles. The molecule has 7 heteroatoms. The minimum Gasteiger partial charge on any atom is -0.343 e. The van der Waals surface area contributed by atoms with Crippen LogP contribution < -0.4 is 5.32 Å². The number of piperazine rings is 1. The van der Waals surface area contributed by atoms with Gasteiger partial charge in [0.05, 0.1) is 17.2 Å². The summed E-state index contributed by atoms with van der Waals surface area (Å²) in [6.07, 6.45) is 0.972. The van der Waals surface area contributed by atoms with Crippen molar-refractivity contribution < 1.29 is 9.59 Å². The van der Waals surface area contributed by atoms with Crippen LogP contribution in [0.4, 0.5) is 0 Å². The molecule has 0 aliphatic carbocycles. The van der Waals surface area contributed by atoms with E-state index in [1.54, 1.807) is 11.3 Å². The van der Waals surface area contributed by atoms with E-state index in [0.29, 0.717) is 18.7 Å². The number of thiazole rings is 1. The molecule has 0 atom stereocenters. The predicted molar refractivity (Wildman–Crippen MR) is 121 cm³/mol. The van der Waals surface area contributed by atoms with Crippen LogP contribution in [0.5, 0.6) is 0 Å². The number of nitrogens with one attached hydrogen (secondary N) is 1. The molecule has 1 aliphatic rings. The van der Waals surface area contributed by atoms with E-state index < -0.39 is 0 Å². The van der Waals surface area contributed by atoms with Crippen molar-refractivity contribution in [3.8, 4) is 0 Å². The molecule has 0 unspecified atom stereocenters. The Hall–Kier alpha value is -2.25. The molecule has 2 amide bonds. The molecule has 162 valence electrons. The monoisotopic (exact) mass is 428 g/mol. The largest absolute Gasteiger partial charge is 0.343 e. The molecular weight excluding hydrogens is 396 g/mol. The molecule has 0 bridgehead atoms. The van der Waals surface area contributed by atoms with E-state index in [1.807, 2.05) is 29.2 Å². The minimum atomic E-state index is -0.210. The lowest BCUT2D eigenvalue weighted by Gasteiger charge is -2.34. The molecule has 0 radical (unpaired) electrons. The quantitative estimate of drug-likeness (QED) is 0.768. The van der Waals surface area contributed by atoms with E-state index in [-0.39, 0.29) is 23.8 Å². The van der Waals surface area contributed by atoms with Crippen LogP contribution in [0.2, 0.25) is 0 Å². The van der Waals surface area contributed by atoms with Gasteiger partial charge in [-0.15, -0.1) is 11.3 Å². The lowest BCUT2D eigenvalue weighted by molar-refractivity contribution is -0.131. The van der Waals surface area contributed by atoms with Crippen molar-refractivity contribution in [2.45, 2.75) is 46.1 Å². The molecule has 6 nitrogen and oxygen atoms in total. The summed E-state index contributed by atoms with van der Waals surface area (Å²) >= 11 is 1.71. The van der Waals surface area contributed by atoms with Gasteiger partial charge in [-0.25, -0.2) is 4.98 Å². The fourth-order valence-electron chi connectivity index (χ4n) is 3.46. The predicted octanol–water partition coefficient (Wildman–Crippen LogP) is 3.08.